The topological polar surface area (TPSA) is 119 Å². The lowest BCUT2D eigenvalue weighted by Gasteiger charge is -2.53. The number of unbranched alkanes of at least 4 members (excludes halogenated alkanes) is 10. The maximum atomic E-state index is 13.6. The van der Waals surface area contributed by atoms with Gasteiger partial charge in [-0.25, -0.2) is 0 Å². The minimum absolute atomic E-state index is 0.139. The summed E-state index contributed by atoms with van der Waals surface area (Å²) < 4.78 is 18.4. The summed E-state index contributed by atoms with van der Waals surface area (Å²) in [5.41, 5.74) is -3.68. The van der Waals surface area contributed by atoms with Crippen LogP contribution in [0.3, 0.4) is 0 Å². The van der Waals surface area contributed by atoms with Crippen molar-refractivity contribution in [2.75, 3.05) is 13.7 Å². The zero-order chi connectivity index (χ0) is 33.2. The molecule has 8 nitrogen and oxygen atoms in total. The highest BCUT2D eigenvalue weighted by Gasteiger charge is 2.88. The molecule has 4 aliphatic carbocycles. The van der Waals surface area contributed by atoms with Crippen molar-refractivity contribution in [3.05, 3.63) is 23.3 Å². The molecule has 0 aromatic heterocycles. The van der Waals surface area contributed by atoms with Crippen LogP contribution >= 0.6 is 0 Å². The van der Waals surface area contributed by atoms with E-state index < -0.39 is 58.0 Å². The summed E-state index contributed by atoms with van der Waals surface area (Å²) in [6.45, 7) is 10.8. The maximum Gasteiger partial charge on any atom is 0.306 e. The van der Waals surface area contributed by atoms with Gasteiger partial charge in [0.25, 0.3) is 0 Å². The standard InChI is InChI=1S/C37H58O8/c1-8-9-10-11-12-13-14-15-16-17-18-19-30(40)44-33-25(3)36(42)28(31-34(5,6)37(31,33)45-26(4)39)21-27(23-38)22-35(43-7)29(36)20-24(2)32(35)41/h20-21,25,28-29,31,33,38,42H,8-19,22-23H2,1-7H3/t25-,28+,29-,31-,33-,35-,36-,37-/m1/s1. The van der Waals surface area contributed by atoms with E-state index in [0.717, 1.165) is 12.8 Å². The van der Waals surface area contributed by atoms with Crippen LogP contribution in [0.4, 0.5) is 0 Å². The van der Waals surface area contributed by atoms with Gasteiger partial charge in [0, 0.05) is 56.0 Å². The van der Waals surface area contributed by atoms with Crippen LogP contribution < -0.4 is 0 Å². The zero-order valence-corrected chi connectivity index (χ0v) is 28.8. The monoisotopic (exact) mass is 630 g/mol. The van der Waals surface area contributed by atoms with Crippen LogP contribution in [0.25, 0.3) is 0 Å². The molecule has 0 radical (unpaired) electrons. The molecule has 2 fully saturated rings. The highest BCUT2D eigenvalue weighted by atomic mass is 16.6. The molecule has 4 rings (SSSR count). The number of Topliss-reactive ketones (excluding diaryl/α,β-unsaturated/α-hetero) is 1. The van der Waals surface area contributed by atoms with Crippen molar-refractivity contribution >= 4 is 17.7 Å². The molecule has 0 bridgehead atoms. The summed E-state index contributed by atoms with van der Waals surface area (Å²) >= 11 is 0. The first-order chi connectivity index (χ1) is 21.3. The molecule has 2 N–H and O–H groups in total. The molecule has 254 valence electrons. The molecule has 8 heteroatoms. The fourth-order valence-corrected chi connectivity index (χ4v) is 9.46. The van der Waals surface area contributed by atoms with Gasteiger partial charge < -0.3 is 24.4 Å². The Morgan fingerprint density at radius 1 is 0.978 bits per heavy atom. The van der Waals surface area contributed by atoms with Crippen LogP contribution in [0.15, 0.2) is 23.3 Å². The van der Waals surface area contributed by atoms with E-state index in [0.29, 0.717) is 17.6 Å². The van der Waals surface area contributed by atoms with Gasteiger partial charge in [-0.05, 0) is 24.5 Å². The van der Waals surface area contributed by atoms with E-state index >= 15 is 0 Å². The van der Waals surface area contributed by atoms with Crippen molar-refractivity contribution in [3.8, 4) is 0 Å². The first kappa shape index (κ1) is 35.8. The largest absolute Gasteiger partial charge is 0.458 e. The summed E-state index contributed by atoms with van der Waals surface area (Å²) in [5, 5.41) is 23.3. The second-order valence-corrected chi connectivity index (χ2v) is 14.9. The van der Waals surface area contributed by atoms with Gasteiger partial charge in [-0.1, -0.05) is 104 Å². The molecule has 0 spiro atoms. The van der Waals surface area contributed by atoms with Crippen LogP contribution in [0.5, 0.6) is 0 Å². The molecule has 0 heterocycles. The minimum Gasteiger partial charge on any atom is -0.458 e. The number of fused-ring (bicyclic) bond motifs is 5. The van der Waals surface area contributed by atoms with Crippen molar-refractivity contribution in [2.24, 2.45) is 29.1 Å². The van der Waals surface area contributed by atoms with Crippen LogP contribution in [0, 0.1) is 29.1 Å². The Morgan fingerprint density at radius 3 is 2.09 bits per heavy atom. The van der Waals surface area contributed by atoms with Crippen LogP contribution in [-0.2, 0) is 28.6 Å². The number of ketones is 1. The third-order valence-corrected chi connectivity index (χ3v) is 11.9. The fraction of sp³-hybridized carbons (Fsp3) is 0.811. The van der Waals surface area contributed by atoms with Crippen molar-refractivity contribution < 1.29 is 38.8 Å². The van der Waals surface area contributed by atoms with Gasteiger partial charge in [0.1, 0.15) is 11.7 Å². The Labute approximate surface area is 270 Å². The van der Waals surface area contributed by atoms with Crippen molar-refractivity contribution in [2.45, 2.75) is 148 Å². The number of ether oxygens (including phenoxy) is 3. The van der Waals surface area contributed by atoms with E-state index in [4.69, 9.17) is 14.2 Å². The van der Waals surface area contributed by atoms with Gasteiger partial charge >= 0.3 is 11.9 Å². The summed E-state index contributed by atoms with van der Waals surface area (Å²) in [5.74, 6) is -3.52. The van der Waals surface area contributed by atoms with Gasteiger partial charge in [0.05, 0.1) is 12.2 Å². The zero-order valence-electron chi connectivity index (χ0n) is 28.8. The number of carbonyl (C=O) groups excluding carboxylic acids is 3. The Bertz CT molecular complexity index is 1170. The van der Waals surface area contributed by atoms with E-state index in [1.54, 1.807) is 13.0 Å². The van der Waals surface area contributed by atoms with Crippen molar-refractivity contribution in [1.82, 2.24) is 0 Å². The normalized spacial score (nSPS) is 36.2. The summed E-state index contributed by atoms with van der Waals surface area (Å²) in [4.78, 5) is 39.6. The number of methoxy groups -OCH3 is 1. The average molecular weight is 631 g/mol. The predicted molar refractivity (Wildman–Crippen MR) is 172 cm³/mol. The van der Waals surface area contributed by atoms with E-state index in [1.807, 2.05) is 26.8 Å². The number of rotatable bonds is 16. The van der Waals surface area contributed by atoms with Crippen molar-refractivity contribution in [1.29, 1.82) is 0 Å². The third-order valence-electron chi connectivity index (χ3n) is 11.9. The minimum atomic E-state index is -1.58. The predicted octanol–water partition coefficient (Wildman–Crippen LogP) is 6.41. The molecule has 45 heavy (non-hydrogen) atoms. The van der Waals surface area contributed by atoms with Gasteiger partial charge in [-0.2, -0.15) is 0 Å². The molecule has 8 atom stereocenters. The summed E-state index contributed by atoms with van der Waals surface area (Å²) in [7, 11) is 1.47. The van der Waals surface area contributed by atoms with Gasteiger partial charge in [-0.3, -0.25) is 14.4 Å². The molecule has 0 saturated heterocycles. The lowest BCUT2D eigenvalue weighted by molar-refractivity contribution is -0.230. The van der Waals surface area contributed by atoms with Gasteiger partial charge in [0.15, 0.2) is 11.4 Å². The van der Waals surface area contributed by atoms with E-state index in [9.17, 15) is 24.6 Å². The Kier molecular flexibility index (Phi) is 11.1. The fourth-order valence-electron chi connectivity index (χ4n) is 9.46. The second-order valence-electron chi connectivity index (χ2n) is 14.9. The first-order valence-electron chi connectivity index (χ1n) is 17.5. The molecule has 4 aliphatic rings. The van der Waals surface area contributed by atoms with E-state index in [-0.39, 0.29) is 31.2 Å². The maximum absolute atomic E-state index is 13.6. The van der Waals surface area contributed by atoms with Crippen molar-refractivity contribution in [3.63, 3.8) is 0 Å². The molecule has 0 amide bonds. The SMILES string of the molecule is CCCCCCCCCCCCCC(=O)O[C@@H]1[C@@H](C)[C@@]2(O)[C@@H](C=C(CO)C[C@]3(OC)C(=O)C(C)=C[C@@H]23)[C@@H]2C(C)(C)[C@]12OC(C)=O. The Balaban J connectivity index is 1.53. The lowest BCUT2D eigenvalue weighted by Crippen LogP contribution is -2.66. The molecule has 2 saturated carbocycles. The molecule has 0 aromatic rings. The highest BCUT2D eigenvalue weighted by molar-refractivity contribution is 6.05. The quantitative estimate of drug-likeness (QED) is 0.114. The first-order valence-corrected chi connectivity index (χ1v) is 17.5. The van der Waals surface area contributed by atoms with Crippen LogP contribution in [0.2, 0.25) is 0 Å². The lowest BCUT2D eigenvalue weighted by atomic mass is 9.59. The number of carbonyl (C=O) groups is 3. The van der Waals surface area contributed by atoms with E-state index in [2.05, 4.69) is 6.92 Å². The molecule has 0 unspecified atom stereocenters. The number of hydrogen-bond donors (Lipinski definition) is 2. The molecule has 0 aliphatic heterocycles. The van der Waals surface area contributed by atoms with Gasteiger partial charge in [0.2, 0.25) is 0 Å². The average Bonchev–Trinajstić information content (AvgIpc) is 3.40. The number of aliphatic hydroxyl groups excluding tert-OH is 1. The van der Waals surface area contributed by atoms with E-state index in [1.165, 1.54) is 65.4 Å². The van der Waals surface area contributed by atoms with Crippen LogP contribution in [-0.4, -0.2) is 64.6 Å². The Hall–Kier alpha value is -2.03. The van der Waals surface area contributed by atoms with Crippen LogP contribution in [0.1, 0.15) is 125 Å². The second kappa shape index (κ2) is 14.0. The van der Waals surface area contributed by atoms with Gasteiger partial charge in [-0.15, -0.1) is 0 Å². The summed E-state index contributed by atoms with van der Waals surface area (Å²) in [6.07, 6.45) is 16.1. The smallest absolute Gasteiger partial charge is 0.306 e. The number of aliphatic hydroxyl groups is 2. The molecular weight excluding hydrogens is 572 g/mol. The molecule has 0 aromatic carbocycles. The Morgan fingerprint density at radius 2 is 1.56 bits per heavy atom. The third kappa shape index (κ3) is 6.09. The summed E-state index contributed by atoms with van der Waals surface area (Å²) in [6, 6.07) is 0. The number of hydrogen-bond acceptors (Lipinski definition) is 8. The molecular formula is C37H58O8. The number of esters is 2. The highest BCUT2D eigenvalue weighted by Crippen LogP contribution is 2.77.